The Hall–Kier alpha value is -3.15. The molecule has 0 bridgehead atoms. The highest BCUT2D eigenvalue weighted by molar-refractivity contribution is 5.98. The summed E-state index contributed by atoms with van der Waals surface area (Å²) < 4.78 is 18.0. The number of nitrogens with zero attached hydrogens (tertiary/aromatic N) is 3. The van der Waals surface area contributed by atoms with Crippen LogP contribution in [-0.2, 0) is 18.4 Å². The zero-order valence-electron chi connectivity index (χ0n) is 12.9. The number of carbonyl (C=O) groups is 1. The number of aromatic nitrogens is 3. The summed E-state index contributed by atoms with van der Waals surface area (Å²) in [7, 11) is 1.81. The largest absolute Gasteiger partial charge is 0.480 e. The van der Waals surface area contributed by atoms with Crippen molar-refractivity contribution in [1.29, 1.82) is 0 Å². The first-order valence-electron chi connectivity index (χ1n) is 7.46. The van der Waals surface area contributed by atoms with E-state index < -0.39 is 5.97 Å². The van der Waals surface area contributed by atoms with Crippen LogP contribution in [0.25, 0.3) is 32.9 Å². The molecule has 0 amide bonds. The molecule has 6 heteroatoms. The fourth-order valence-electron chi connectivity index (χ4n) is 3.12. The highest BCUT2D eigenvalue weighted by Gasteiger charge is 2.14. The fourth-order valence-corrected chi connectivity index (χ4v) is 3.12. The van der Waals surface area contributed by atoms with E-state index in [9.17, 15) is 9.18 Å². The van der Waals surface area contributed by atoms with Crippen molar-refractivity contribution in [3.05, 3.63) is 54.6 Å². The highest BCUT2D eigenvalue weighted by atomic mass is 19.1. The summed E-state index contributed by atoms with van der Waals surface area (Å²) in [5.41, 5.74) is 2.81. The SMILES string of the molecule is Cn1ncc2cc(F)c(-c3cccc4c3ccn4CC(=O)O)cc21. The molecular formula is C18H14FN3O2. The van der Waals surface area contributed by atoms with Crippen molar-refractivity contribution in [1.82, 2.24) is 14.3 Å². The molecule has 0 aliphatic carbocycles. The van der Waals surface area contributed by atoms with Crippen LogP contribution in [-0.4, -0.2) is 25.4 Å². The Labute approximate surface area is 136 Å². The maximum atomic E-state index is 14.6. The number of aryl methyl sites for hydroxylation is 1. The van der Waals surface area contributed by atoms with Crippen LogP contribution in [0.2, 0.25) is 0 Å². The number of rotatable bonds is 3. The van der Waals surface area contributed by atoms with E-state index in [1.54, 1.807) is 27.7 Å². The number of halogens is 1. The molecule has 4 rings (SSSR count). The predicted octanol–water partition coefficient (Wildman–Crippen LogP) is 3.42. The van der Waals surface area contributed by atoms with Crippen LogP contribution in [0.5, 0.6) is 0 Å². The quantitative estimate of drug-likeness (QED) is 0.628. The number of hydrogen-bond acceptors (Lipinski definition) is 2. The predicted molar refractivity (Wildman–Crippen MR) is 89.2 cm³/mol. The summed E-state index contributed by atoms with van der Waals surface area (Å²) in [5, 5.41) is 14.7. The molecule has 0 unspecified atom stereocenters. The van der Waals surface area contributed by atoms with Crippen LogP contribution in [0, 0.1) is 5.82 Å². The molecule has 2 aromatic carbocycles. The minimum absolute atomic E-state index is 0.129. The van der Waals surface area contributed by atoms with Gasteiger partial charge in [0.2, 0.25) is 0 Å². The molecule has 0 fully saturated rings. The zero-order chi connectivity index (χ0) is 16.8. The van der Waals surface area contributed by atoms with Crippen molar-refractivity contribution < 1.29 is 14.3 Å². The van der Waals surface area contributed by atoms with Gasteiger partial charge in [0.05, 0.1) is 11.7 Å². The van der Waals surface area contributed by atoms with E-state index in [4.69, 9.17) is 5.11 Å². The van der Waals surface area contributed by atoms with Gasteiger partial charge in [0.1, 0.15) is 12.4 Å². The number of carboxylic acid groups (broad SMARTS) is 1. The Morgan fingerprint density at radius 3 is 2.83 bits per heavy atom. The minimum atomic E-state index is -0.916. The smallest absolute Gasteiger partial charge is 0.323 e. The van der Waals surface area contributed by atoms with E-state index in [0.717, 1.165) is 27.4 Å². The molecule has 2 heterocycles. The number of hydrogen-bond donors (Lipinski definition) is 1. The van der Waals surface area contributed by atoms with Crippen LogP contribution < -0.4 is 0 Å². The van der Waals surface area contributed by atoms with Crippen molar-refractivity contribution in [2.75, 3.05) is 0 Å². The van der Waals surface area contributed by atoms with E-state index in [-0.39, 0.29) is 12.4 Å². The second-order valence-electron chi connectivity index (χ2n) is 5.73. The van der Waals surface area contributed by atoms with Crippen molar-refractivity contribution >= 4 is 27.8 Å². The minimum Gasteiger partial charge on any atom is -0.480 e. The van der Waals surface area contributed by atoms with E-state index in [2.05, 4.69) is 5.10 Å². The summed E-state index contributed by atoms with van der Waals surface area (Å²) >= 11 is 0. The standard InChI is InChI=1S/C18H14FN3O2/c1-21-17-8-14(15(19)7-11(17)9-20-21)12-3-2-4-16-13(12)5-6-22(16)10-18(23)24/h2-9H,10H2,1H3,(H,23,24). The van der Waals surface area contributed by atoms with Crippen LogP contribution in [0.15, 0.2) is 48.8 Å². The maximum absolute atomic E-state index is 14.6. The van der Waals surface area contributed by atoms with Gasteiger partial charge in [0, 0.05) is 35.1 Å². The number of aliphatic carboxylic acids is 1. The lowest BCUT2D eigenvalue weighted by Crippen LogP contribution is -2.07. The Balaban J connectivity index is 1.96. The molecule has 0 spiro atoms. The first-order chi connectivity index (χ1) is 11.5. The monoisotopic (exact) mass is 323 g/mol. The van der Waals surface area contributed by atoms with Crippen LogP contribution in [0.4, 0.5) is 4.39 Å². The van der Waals surface area contributed by atoms with Gasteiger partial charge >= 0.3 is 5.97 Å². The first-order valence-corrected chi connectivity index (χ1v) is 7.46. The van der Waals surface area contributed by atoms with Crippen LogP contribution in [0.1, 0.15) is 0 Å². The van der Waals surface area contributed by atoms with E-state index >= 15 is 0 Å². The van der Waals surface area contributed by atoms with Gasteiger partial charge in [-0.3, -0.25) is 9.48 Å². The lowest BCUT2D eigenvalue weighted by Gasteiger charge is -2.08. The van der Waals surface area contributed by atoms with Gasteiger partial charge in [0.25, 0.3) is 0 Å². The summed E-state index contributed by atoms with van der Waals surface area (Å²) in [5.74, 6) is -1.24. The lowest BCUT2D eigenvalue weighted by atomic mass is 10.00. The first kappa shape index (κ1) is 14.4. The van der Waals surface area contributed by atoms with Crippen molar-refractivity contribution in [2.24, 2.45) is 7.05 Å². The molecule has 24 heavy (non-hydrogen) atoms. The fraction of sp³-hybridized carbons (Fsp3) is 0.111. The molecule has 0 saturated carbocycles. The van der Waals surface area contributed by atoms with Gasteiger partial charge in [-0.2, -0.15) is 5.10 Å². The van der Waals surface area contributed by atoms with E-state index in [1.165, 1.54) is 6.07 Å². The summed E-state index contributed by atoms with van der Waals surface area (Å²) in [6.45, 7) is -0.129. The number of fused-ring (bicyclic) bond motifs is 2. The van der Waals surface area contributed by atoms with Gasteiger partial charge in [-0.1, -0.05) is 12.1 Å². The third-order valence-electron chi connectivity index (χ3n) is 4.24. The van der Waals surface area contributed by atoms with E-state index in [0.29, 0.717) is 5.56 Å². The third-order valence-corrected chi connectivity index (χ3v) is 4.24. The molecule has 1 N–H and O–H groups in total. The lowest BCUT2D eigenvalue weighted by molar-refractivity contribution is -0.137. The molecule has 0 saturated heterocycles. The van der Waals surface area contributed by atoms with Crippen LogP contribution in [0.3, 0.4) is 0 Å². The van der Waals surface area contributed by atoms with Gasteiger partial charge in [-0.25, -0.2) is 4.39 Å². The average molecular weight is 323 g/mol. The van der Waals surface area contributed by atoms with Crippen molar-refractivity contribution in [3.63, 3.8) is 0 Å². The van der Waals surface area contributed by atoms with Crippen LogP contribution >= 0.6 is 0 Å². The molecule has 120 valence electrons. The average Bonchev–Trinajstić information content (AvgIpc) is 3.10. The number of carboxylic acids is 1. The molecule has 0 atom stereocenters. The highest BCUT2D eigenvalue weighted by Crippen LogP contribution is 2.33. The van der Waals surface area contributed by atoms with Gasteiger partial charge in [-0.05, 0) is 29.8 Å². The van der Waals surface area contributed by atoms with Crippen molar-refractivity contribution in [2.45, 2.75) is 6.54 Å². The molecule has 2 aromatic heterocycles. The van der Waals surface area contributed by atoms with Gasteiger partial charge < -0.3 is 9.67 Å². The topological polar surface area (TPSA) is 60.0 Å². The normalized spacial score (nSPS) is 11.4. The maximum Gasteiger partial charge on any atom is 0.323 e. The van der Waals surface area contributed by atoms with Crippen molar-refractivity contribution in [3.8, 4) is 11.1 Å². The molecule has 0 radical (unpaired) electrons. The molecule has 5 nitrogen and oxygen atoms in total. The molecule has 4 aromatic rings. The zero-order valence-corrected chi connectivity index (χ0v) is 12.9. The summed E-state index contributed by atoms with van der Waals surface area (Å²) in [4.78, 5) is 11.0. The molecular weight excluding hydrogens is 309 g/mol. The Bertz CT molecular complexity index is 1090. The second-order valence-corrected chi connectivity index (χ2v) is 5.73. The third kappa shape index (κ3) is 2.15. The molecule has 0 aliphatic rings. The van der Waals surface area contributed by atoms with Gasteiger partial charge in [0.15, 0.2) is 0 Å². The Morgan fingerprint density at radius 1 is 1.21 bits per heavy atom. The second kappa shape index (κ2) is 5.19. The Kier molecular flexibility index (Phi) is 3.13. The number of benzene rings is 2. The van der Waals surface area contributed by atoms with E-state index in [1.807, 2.05) is 31.3 Å². The Morgan fingerprint density at radius 2 is 2.04 bits per heavy atom. The van der Waals surface area contributed by atoms with Gasteiger partial charge in [-0.15, -0.1) is 0 Å². The summed E-state index contributed by atoms with van der Waals surface area (Å²) in [6, 6.07) is 10.6. The molecule has 0 aliphatic heterocycles. The summed E-state index contributed by atoms with van der Waals surface area (Å²) in [6.07, 6.45) is 3.34.